The zero-order valence-corrected chi connectivity index (χ0v) is 14.9. The molecule has 6 nitrogen and oxygen atoms in total. The quantitative estimate of drug-likeness (QED) is 0.662. The molecule has 2 aromatic rings. The summed E-state index contributed by atoms with van der Waals surface area (Å²) in [4.78, 5) is 18.5. The highest BCUT2D eigenvalue weighted by molar-refractivity contribution is 7.16. The molecule has 1 aromatic heterocycles. The lowest BCUT2D eigenvalue weighted by Gasteiger charge is -2.30. The number of hydrogen-bond donors (Lipinski definition) is 1. The second-order valence-corrected chi connectivity index (χ2v) is 7.71. The zero-order chi connectivity index (χ0) is 17.4. The molecule has 128 valence electrons. The van der Waals surface area contributed by atoms with E-state index in [0.717, 1.165) is 35.1 Å². The molecule has 0 aliphatic carbocycles. The van der Waals surface area contributed by atoms with Gasteiger partial charge in [0, 0.05) is 24.0 Å². The summed E-state index contributed by atoms with van der Waals surface area (Å²) in [5.74, 6) is 0.331. The molecular weight excluding hydrogens is 326 g/mol. The Bertz CT molecular complexity index is 788. The summed E-state index contributed by atoms with van der Waals surface area (Å²) in [5, 5.41) is 22.4. The number of nitro groups is 1. The average Bonchev–Trinajstić information content (AvgIpc) is 2.91. The lowest BCUT2D eigenvalue weighted by Crippen LogP contribution is -2.34. The number of aromatic nitrogens is 1. The fourth-order valence-corrected chi connectivity index (χ4v) is 4.17. The Morgan fingerprint density at radius 2 is 2.17 bits per heavy atom. The number of aryl methyl sites for hydroxylation is 2. The summed E-state index contributed by atoms with van der Waals surface area (Å²) < 4.78 is 0. The first-order valence-electron chi connectivity index (χ1n) is 8.07. The van der Waals surface area contributed by atoms with Crippen LogP contribution in [0.2, 0.25) is 0 Å². The van der Waals surface area contributed by atoms with Crippen LogP contribution in [-0.4, -0.2) is 28.1 Å². The minimum absolute atomic E-state index is 0.273. The number of nitro benzene ring substituents is 1. The molecule has 0 bridgehead atoms. The third kappa shape index (κ3) is 3.08. The number of nitrogens with zero attached hydrogens (tertiary/aromatic N) is 3. The third-order valence-corrected chi connectivity index (χ3v) is 5.43. The van der Waals surface area contributed by atoms with Crippen LogP contribution >= 0.6 is 11.3 Å². The van der Waals surface area contributed by atoms with E-state index >= 15 is 0 Å². The van der Waals surface area contributed by atoms with Crippen LogP contribution in [0, 0.1) is 29.9 Å². The van der Waals surface area contributed by atoms with E-state index in [1.165, 1.54) is 12.5 Å². The van der Waals surface area contributed by atoms with Crippen molar-refractivity contribution < 1.29 is 10.0 Å². The summed E-state index contributed by atoms with van der Waals surface area (Å²) in [7, 11) is 0. The van der Waals surface area contributed by atoms with Crippen molar-refractivity contribution >= 4 is 22.2 Å². The van der Waals surface area contributed by atoms with Gasteiger partial charge in [0.2, 0.25) is 5.75 Å². The Morgan fingerprint density at radius 3 is 2.83 bits per heavy atom. The van der Waals surface area contributed by atoms with Crippen molar-refractivity contribution in [3.05, 3.63) is 32.7 Å². The molecule has 1 fully saturated rings. The molecule has 7 heteroatoms. The van der Waals surface area contributed by atoms with Gasteiger partial charge in [0.05, 0.1) is 16.2 Å². The van der Waals surface area contributed by atoms with Gasteiger partial charge in [-0.05, 0) is 44.2 Å². The highest BCUT2D eigenvalue weighted by atomic mass is 32.1. The number of anilines is 1. The summed E-state index contributed by atoms with van der Waals surface area (Å²) in [5.41, 5.74) is 1.53. The first-order valence-corrected chi connectivity index (χ1v) is 8.89. The van der Waals surface area contributed by atoms with Crippen LogP contribution in [0.1, 0.15) is 30.2 Å². The summed E-state index contributed by atoms with van der Waals surface area (Å²) in [6.45, 7) is 7.93. The van der Waals surface area contributed by atoms with Crippen LogP contribution in [0.3, 0.4) is 0 Å². The number of phenols is 1. The predicted molar refractivity (Wildman–Crippen MR) is 96.0 cm³/mol. The fraction of sp³-hybridized carbons (Fsp3) is 0.471. The SMILES string of the molecule is Cc1cc(-c2nc(N3CCCC(C)C3)sc2C)c(O)c([N+](=O)[O-])c1. The van der Waals surface area contributed by atoms with Gasteiger partial charge in [-0.25, -0.2) is 4.98 Å². The standard InChI is InChI=1S/C17H21N3O3S/c1-10-5-4-6-19(9-10)17-18-15(12(3)24-17)13-7-11(2)8-14(16(13)21)20(22)23/h7-8,10,21H,4-6,9H2,1-3H3. The second-order valence-electron chi connectivity index (χ2n) is 6.53. The van der Waals surface area contributed by atoms with Gasteiger partial charge in [0.15, 0.2) is 5.13 Å². The lowest BCUT2D eigenvalue weighted by molar-refractivity contribution is -0.385. The maximum Gasteiger partial charge on any atom is 0.311 e. The normalized spacial score (nSPS) is 18.0. The van der Waals surface area contributed by atoms with Crippen molar-refractivity contribution in [2.75, 3.05) is 18.0 Å². The van der Waals surface area contributed by atoms with Gasteiger partial charge in [-0.2, -0.15) is 0 Å². The smallest absolute Gasteiger partial charge is 0.311 e. The van der Waals surface area contributed by atoms with Gasteiger partial charge in [-0.3, -0.25) is 10.1 Å². The molecule has 0 amide bonds. The maximum atomic E-state index is 11.2. The van der Waals surface area contributed by atoms with Crippen LogP contribution in [0.25, 0.3) is 11.3 Å². The monoisotopic (exact) mass is 347 g/mol. The Labute approximate surface area is 144 Å². The number of benzene rings is 1. The zero-order valence-electron chi connectivity index (χ0n) is 14.1. The van der Waals surface area contributed by atoms with Crippen molar-refractivity contribution in [3.63, 3.8) is 0 Å². The first kappa shape index (κ1) is 16.7. The minimum atomic E-state index is -0.555. The van der Waals surface area contributed by atoms with Gasteiger partial charge in [0.25, 0.3) is 0 Å². The number of rotatable bonds is 3. The van der Waals surface area contributed by atoms with E-state index in [1.54, 1.807) is 24.3 Å². The van der Waals surface area contributed by atoms with E-state index in [0.29, 0.717) is 17.2 Å². The minimum Gasteiger partial charge on any atom is -0.502 e. The number of phenolic OH excluding ortho intramolecular Hbond substituents is 1. The van der Waals surface area contributed by atoms with Crippen molar-refractivity contribution in [1.82, 2.24) is 4.98 Å². The molecule has 24 heavy (non-hydrogen) atoms. The fourth-order valence-electron chi connectivity index (χ4n) is 3.21. The lowest BCUT2D eigenvalue weighted by atomic mass is 10.0. The summed E-state index contributed by atoms with van der Waals surface area (Å²) in [6.07, 6.45) is 2.38. The van der Waals surface area contributed by atoms with Gasteiger partial charge >= 0.3 is 5.69 Å². The number of piperidine rings is 1. The molecule has 1 N–H and O–H groups in total. The number of thiazole rings is 1. The maximum absolute atomic E-state index is 11.2. The average molecular weight is 347 g/mol. The Morgan fingerprint density at radius 1 is 1.42 bits per heavy atom. The van der Waals surface area contributed by atoms with E-state index in [9.17, 15) is 15.2 Å². The molecule has 1 saturated heterocycles. The van der Waals surface area contributed by atoms with Crippen molar-refractivity contribution in [2.45, 2.75) is 33.6 Å². The highest BCUT2D eigenvalue weighted by Crippen LogP contribution is 2.42. The molecule has 1 unspecified atom stereocenters. The van der Waals surface area contributed by atoms with Crippen molar-refractivity contribution in [2.24, 2.45) is 5.92 Å². The van der Waals surface area contributed by atoms with E-state index < -0.39 is 4.92 Å². The largest absolute Gasteiger partial charge is 0.502 e. The van der Waals surface area contributed by atoms with Gasteiger partial charge in [0.1, 0.15) is 0 Å². The molecule has 3 rings (SSSR count). The van der Waals surface area contributed by atoms with Gasteiger partial charge < -0.3 is 10.0 Å². The topological polar surface area (TPSA) is 79.5 Å². The first-order chi connectivity index (χ1) is 11.4. The van der Waals surface area contributed by atoms with E-state index in [4.69, 9.17) is 4.98 Å². The van der Waals surface area contributed by atoms with Crippen LogP contribution < -0.4 is 4.90 Å². The van der Waals surface area contributed by atoms with Crippen LogP contribution in [0.5, 0.6) is 5.75 Å². The molecule has 1 aromatic carbocycles. The molecule has 0 radical (unpaired) electrons. The molecule has 0 saturated carbocycles. The van der Waals surface area contributed by atoms with E-state index in [-0.39, 0.29) is 11.4 Å². The summed E-state index contributed by atoms with van der Waals surface area (Å²) >= 11 is 1.58. The number of aromatic hydroxyl groups is 1. The van der Waals surface area contributed by atoms with Crippen molar-refractivity contribution in [3.8, 4) is 17.0 Å². The van der Waals surface area contributed by atoms with E-state index in [1.807, 2.05) is 6.92 Å². The molecule has 2 heterocycles. The third-order valence-electron chi connectivity index (χ3n) is 4.40. The van der Waals surface area contributed by atoms with Gasteiger partial charge in [-0.1, -0.05) is 6.92 Å². The Kier molecular flexibility index (Phi) is 4.45. The summed E-state index contributed by atoms with van der Waals surface area (Å²) in [6, 6.07) is 3.14. The van der Waals surface area contributed by atoms with Crippen LogP contribution in [0.4, 0.5) is 10.8 Å². The Hall–Kier alpha value is -2.15. The molecule has 1 aliphatic rings. The molecular formula is C17H21N3O3S. The number of hydrogen-bond acceptors (Lipinski definition) is 6. The van der Waals surface area contributed by atoms with Crippen LogP contribution in [-0.2, 0) is 0 Å². The van der Waals surface area contributed by atoms with Gasteiger partial charge in [-0.15, -0.1) is 11.3 Å². The molecule has 1 aliphatic heterocycles. The second kappa shape index (κ2) is 6.39. The van der Waals surface area contributed by atoms with E-state index in [2.05, 4.69) is 11.8 Å². The highest BCUT2D eigenvalue weighted by Gasteiger charge is 2.25. The molecule has 1 atom stereocenters. The van der Waals surface area contributed by atoms with Crippen LogP contribution in [0.15, 0.2) is 12.1 Å². The Balaban J connectivity index is 2.03. The van der Waals surface area contributed by atoms with Crippen molar-refractivity contribution in [1.29, 1.82) is 0 Å². The molecule has 0 spiro atoms. The predicted octanol–water partition coefficient (Wildman–Crippen LogP) is 4.28.